The Morgan fingerprint density at radius 1 is 1.19 bits per heavy atom. The van der Waals surface area contributed by atoms with Crippen LogP contribution in [0, 0.1) is 11.3 Å². The van der Waals surface area contributed by atoms with Gasteiger partial charge >= 0.3 is 0 Å². The van der Waals surface area contributed by atoms with Gasteiger partial charge in [-0.1, -0.05) is 18.2 Å². The van der Waals surface area contributed by atoms with Crippen LogP contribution >= 0.6 is 0 Å². The Balaban J connectivity index is 1.60. The van der Waals surface area contributed by atoms with Gasteiger partial charge in [-0.3, -0.25) is 14.4 Å². The second-order valence-corrected chi connectivity index (χ2v) is 7.37. The predicted octanol–water partition coefficient (Wildman–Crippen LogP) is 3.49. The fourth-order valence-electron chi connectivity index (χ4n) is 3.63. The highest BCUT2D eigenvalue weighted by Crippen LogP contribution is 2.33. The lowest BCUT2D eigenvalue weighted by atomic mass is 10.2. The lowest BCUT2D eigenvalue weighted by molar-refractivity contribution is -0.122. The van der Waals surface area contributed by atoms with Crippen molar-refractivity contribution in [2.24, 2.45) is 0 Å². The molecule has 0 atom stereocenters. The van der Waals surface area contributed by atoms with Gasteiger partial charge in [-0.05, 0) is 30.7 Å². The van der Waals surface area contributed by atoms with E-state index in [0.717, 1.165) is 6.42 Å². The molecule has 2 aromatic rings. The molecule has 1 heterocycles. The van der Waals surface area contributed by atoms with E-state index in [-0.39, 0.29) is 43.5 Å². The summed E-state index contributed by atoms with van der Waals surface area (Å²) in [5, 5.41) is 11.7. The number of rotatable bonds is 9. The summed E-state index contributed by atoms with van der Waals surface area (Å²) in [5.74, 6) is 0.0274. The Morgan fingerprint density at radius 2 is 1.97 bits per heavy atom. The number of hydrogen-bond donors (Lipinski definition) is 1. The zero-order chi connectivity index (χ0) is 22.9. The van der Waals surface area contributed by atoms with E-state index in [2.05, 4.69) is 5.32 Å². The second kappa shape index (κ2) is 11.0. The van der Waals surface area contributed by atoms with Crippen molar-refractivity contribution in [1.29, 1.82) is 5.26 Å². The molecule has 0 aliphatic carbocycles. The van der Waals surface area contributed by atoms with Crippen molar-refractivity contribution in [2.75, 3.05) is 35.3 Å². The van der Waals surface area contributed by atoms with E-state index in [9.17, 15) is 14.4 Å². The topological polar surface area (TPSA) is 103 Å². The number of nitrogens with one attached hydrogen (secondary N) is 1. The quantitative estimate of drug-likeness (QED) is 0.651. The maximum atomic E-state index is 12.7. The predicted molar refractivity (Wildman–Crippen MR) is 121 cm³/mol. The van der Waals surface area contributed by atoms with Crippen LogP contribution in [-0.2, 0) is 14.4 Å². The number of benzene rings is 2. The van der Waals surface area contributed by atoms with E-state index < -0.39 is 0 Å². The van der Waals surface area contributed by atoms with Crippen molar-refractivity contribution in [3.8, 4) is 11.8 Å². The van der Waals surface area contributed by atoms with Crippen molar-refractivity contribution in [2.45, 2.75) is 32.1 Å². The number of carbonyl (C=O) groups excluding carboxylic acids is 3. The smallest absolute Gasteiger partial charge is 0.227 e. The molecule has 1 fully saturated rings. The van der Waals surface area contributed by atoms with Crippen LogP contribution in [0.15, 0.2) is 48.5 Å². The van der Waals surface area contributed by atoms with Gasteiger partial charge < -0.3 is 19.9 Å². The van der Waals surface area contributed by atoms with Gasteiger partial charge in [0.05, 0.1) is 25.3 Å². The Labute approximate surface area is 187 Å². The summed E-state index contributed by atoms with van der Waals surface area (Å²) in [6, 6.07) is 16.3. The average molecular weight is 434 g/mol. The lowest BCUT2D eigenvalue weighted by Gasteiger charge is -2.22. The van der Waals surface area contributed by atoms with Crippen molar-refractivity contribution >= 4 is 34.8 Å². The van der Waals surface area contributed by atoms with E-state index in [1.54, 1.807) is 35.2 Å². The minimum atomic E-state index is -0.307. The summed E-state index contributed by atoms with van der Waals surface area (Å²) in [6.45, 7) is 0.918. The molecular weight excluding hydrogens is 408 g/mol. The van der Waals surface area contributed by atoms with Crippen LogP contribution in [0.3, 0.4) is 0 Å². The van der Waals surface area contributed by atoms with Crippen LogP contribution < -0.4 is 19.9 Å². The lowest BCUT2D eigenvalue weighted by Crippen LogP contribution is -2.32. The Bertz CT molecular complexity index is 1020. The van der Waals surface area contributed by atoms with Crippen LogP contribution in [0.4, 0.5) is 17.1 Å². The van der Waals surface area contributed by atoms with Crippen molar-refractivity contribution < 1.29 is 19.1 Å². The monoisotopic (exact) mass is 434 g/mol. The minimum Gasteiger partial charge on any atom is -0.494 e. The zero-order valence-electron chi connectivity index (χ0n) is 18.0. The zero-order valence-corrected chi connectivity index (χ0v) is 18.0. The van der Waals surface area contributed by atoms with Crippen LogP contribution in [0.5, 0.6) is 5.75 Å². The van der Waals surface area contributed by atoms with Crippen molar-refractivity contribution in [1.82, 2.24) is 0 Å². The molecule has 0 unspecified atom stereocenters. The standard InChI is InChI=1S/C24H26N4O4/c1-32-21-17-18(10-11-20(21)28-15-5-9-23(28)30)26-22(29)12-13-24(31)27(16-6-14-25)19-7-3-2-4-8-19/h2-4,7-8,10-11,17H,5-6,9,12-13,15-16H2,1H3,(H,26,29). The second-order valence-electron chi connectivity index (χ2n) is 7.37. The first-order chi connectivity index (χ1) is 15.5. The molecule has 166 valence electrons. The first-order valence-electron chi connectivity index (χ1n) is 10.5. The maximum absolute atomic E-state index is 12.7. The maximum Gasteiger partial charge on any atom is 0.227 e. The average Bonchev–Trinajstić information content (AvgIpc) is 3.24. The first-order valence-corrected chi connectivity index (χ1v) is 10.5. The molecule has 0 spiro atoms. The number of nitriles is 1. The molecule has 0 saturated carbocycles. The van der Waals surface area contributed by atoms with Crippen LogP contribution in [0.1, 0.15) is 32.1 Å². The molecular formula is C24H26N4O4. The molecule has 2 aromatic carbocycles. The highest BCUT2D eigenvalue weighted by Gasteiger charge is 2.24. The number of anilines is 3. The highest BCUT2D eigenvalue weighted by atomic mass is 16.5. The highest BCUT2D eigenvalue weighted by molar-refractivity contribution is 5.99. The van der Waals surface area contributed by atoms with E-state index in [1.165, 1.54) is 12.0 Å². The van der Waals surface area contributed by atoms with E-state index >= 15 is 0 Å². The number of para-hydroxylation sites is 1. The normalized spacial score (nSPS) is 12.9. The summed E-state index contributed by atoms with van der Waals surface area (Å²) < 4.78 is 5.41. The fraction of sp³-hybridized carbons (Fsp3) is 0.333. The van der Waals surface area contributed by atoms with E-state index in [1.807, 2.05) is 24.3 Å². The van der Waals surface area contributed by atoms with Gasteiger partial charge in [0.25, 0.3) is 0 Å². The molecule has 8 heteroatoms. The number of hydrogen-bond acceptors (Lipinski definition) is 5. The third-order valence-corrected chi connectivity index (χ3v) is 5.21. The van der Waals surface area contributed by atoms with Gasteiger partial charge in [0.15, 0.2) is 0 Å². The third-order valence-electron chi connectivity index (χ3n) is 5.21. The molecule has 8 nitrogen and oxygen atoms in total. The summed E-state index contributed by atoms with van der Waals surface area (Å²) in [6.07, 6.45) is 1.55. The number of methoxy groups -OCH3 is 1. The van der Waals surface area contributed by atoms with E-state index in [4.69, 9.17) is 10.00 Å². The van der Waals surface area contributed by atoms with Gasteiger partial charge in [0.2, 0.25) is 17.7 Å². The summed E-state index contributed by atoms with van der Waals surface area (Å²) in [7, 11) is 1.52. The number of ether oxygens (including phenoxy) is 1. The summed E-state index contributed by atoms with van der Waals surface area (Å²) in [4.78, 5) is 40.4. The molecule has 3 rings (SSSR count). The van der Waals surface area contributed by atoms with E-state index in [0.29, 0.717) is 35.8 Å². The Hall–Kier alpha value is -3.86. The fourth-order valence-corrected chi connectivity index (χ4v) is 3.63. The van der Waals surface area contributed by atoms with Gasteiger partial charge in [-0.2, -0.15) is 5.26 Å². The van der Waals surface area contributed by atoms with Gasteiger partial charge in [-0.25, -0.2) is 0 Å². The van der Waals surface area contributed by atoms with Gasteiger partial charge in [-0.15, -0.1) is 0 Å². The third kappa shape index (κ3) is 5.64. The summed E-state index contributed by atoms with van der Waals surface area (Å²) >= 11 is 0. The molecule has 3 amide bonds. The summed E-state index contributed by atoms with van der Waals surface area (Å²) in [5.41, 5.74) is 1.91. The largest absolute Gasteiger partial charge is 0.494 e. The molecule has 0 aromatic heterocycles. The van der Waals surface area contributed by atoms with Crippen LogP contribution in [-0.4, -0.2) is 37.9 Å². The number of carbonyl (C=O) groups is 3. The van der Waals surface area contributed by atoms with Crippen molar-refractivity contribution in [3.63, 3.8) is 0 Å². The Kier molecular flexibility index (Phi) is 7.81. The van der Waals surface area contributed by atoms with Crippen molar-refractivity contribution in [3.05, 3.63) is 48.5 Å². The molecule has 1 saturated heterocycles. The molecule has 0 bridgehead atoms. The molecule has 32 heavy (non-hydrogen) atoms. The molecule has 0 radical (unpaired) electrons. The van der Waals surface area contributed by atoms with Gasteiger partial charge in [0, 0.05) is 49.8 Å². The Morgan fingerprint density at radius 3 is 2.62 bits per heavy atom. The number of amides is 3. The minimum absolute atomic E-state index is 0.00337. The number of nitrogens with zero attached hydrogens (tertiary/aromatic N) is 3. The SMILES string of the molecule is COc1cc(NC(=O)CCC(=O)N(CCC#N)c2ccccc2)ccc1N1CCCC1=O. The molecule has 1 aliphatic rings. The molecule has 1 aliphatic heterocycles. The first kappa shape index (κ1) is 22.8. The molecule has 1 N–H and O–H groups in total. The van der Waals surface area contributed by atoms with Crippen LogP contribution in [0.25, 0.3) is 0 Å². The van der Waals surface area contributed by atoms with Gasteiger partial charge in [0.1, 0.15) is 5.75 Å². The van der Waals surface area contributed by atoms with Crippen LogP contribution in [0.2, 0.25) is 0 Å².